The van der Waals surface area contributed by atoms with Gasteiger partial charge in [0.05, 0.1) is 23.3 Å². The SMILES string of the molecule is CCC1c2ccsc2CCN1S(=O)(=O)CC1(C#N)CCCCC1. The molecule has 1 fully saturated rings. The number of hydrogen-bond donors (Lipinski definition) is 0. The van der Waals surface area contributed by atoms with E-state index in [0.717, 1.165) is 44.9 Å². The van der Waals surface area contributed by atoms with Crippen LogP contribution < -0.4 is 0 Å². The van der Waals surface area contributed by atoms with Crippen molar-refractivity contribution in [1.29, 1.82) is 5.26 Å². The first-order chi connectivity index (χ1) is 11.0. The zero-order valence-electron chi connectivity index (χ0n) is 13.6. The number of nitriles is 1. The predicted molar refractivity (Wildman–Crippen MR) is 92.7 cm³/mol. The molecule has 1 unspecified atom stereocenters. The number of rotatable bonds is 4. The van der Waals surface area contributed by atoms with Crippen LogP contribution in [-0.2, 0) is 16.4 Å². The second-order valence-corrected chi connectivity index (χ2v) is 9.72. The molecule has 1 atom stereocenters. The van der Waals surface area contributed by atoms with Crippen molar-refractivity contribution in [2.24, 2.45) is 5.41 Å². The molecule has 3 rings (SSSR count). The van der Waals surface area contributed by atoms with Gasteiger partial charge in [0.25, 0.3) is 0 Å². The van der Waals surface area contributed by atoms with Crippen molar-refractivity contribution in [1.82, 2.24) is 4.31 Å². The van der Waals surface area contributed by atoms with Gasteiger partial charge in [0.2, 0.25) is 10.0 Å². The molecule has 1 aromatic rings. The molecule has 0 spiro atoms. The maximum absolute atomic E-state index is 13.1. The quantitative estimate of drug-likeness (QED) is 0.826. The van der Waals surface area contributed by atoms with Crippen LogP contribution in [0.5, 0.6) is 0 Å². The lowest BCUT2D eigenvalue weighted by Crippen LogP contribution is -2.44. The standard InChI is InChI=1S/C17H24N2O2S2/c1-2-15-14-7-11-22-16(14)6-10-19(15)23(20,21)13-17(12-18)8-4-3-5-9-17/h7,11,15H,2-6,8-10,13H2,1H3. The van der Waals surface area contributed by atoms with E-state index in [1.165, 1.54) is 10.4 Å². The molecule has 2 heterocycles. The lowest BCUT2D eigenvalue weighted by molar-refractivity contribution is 0.272. The summed E-state index contributed by atoms with van der Waals surface area (Å²) in [4.78, 5) is 1.32. The second kappa shape index (κ2) is 6.54. The van der Waals surface area contributed by atoms with Crippen LogP contribution in [0.15, 0.2) is 11.4 Å². The third-order valence-corrected chi connectivity index (χ3v) is 8.36. The lowest BCUT2D eigenvalue weighted by Gasteiger charge is -2.38. The number of thiophene rings is 1. The number of sulfonamides is 1. The van der Waals surface area contributed by atoms with E-state index in [1.54, 1.807) is 15.6 Å². The first kappa shape index (κ1) is 16.9. The number of hydrogen-bond acceptors (Lipinski definition) is 4. The van der Waals surface area contributed by atoms with Gasteiger partial charge in [-0.15, -0.1) is 11.3 Å². The number of nitrogens with zero attached hydrogens (tertiary/aromatic N) is 2. The summed E-state index contributed by atoms with van der Waals surface area (Å²) in [5.41, 5.74) is 0.492. The molecule has 6 heteroatoms. The van der Waals surface area contributed by atoms with Crippen LogP contribution >= 0.6 is 11.3 Å². The van der Waals surface area contributed by atoms with Gasteiger partial charge in [0, 0.05) is 11.4 Å². The summed E-state index contributed by atoms with van der Waals surface area (Å²) in [5.74, 6) is -0.00747. The van der Waals surface area contributed by atoms with Crippen molar-refractivity contribution in [2.75, 3.05) is 12.3 Å². The van der Waals surface area contributed by atoms with E-state index in [0.29, 0.717) is 6.54 Å². The van der Waals surface area contributed by atoms with Crippen molar-refractivity contribution in [3.05, 3.63) is 21.9 Å². The third kappa shape index (κ3) is 3.19. The fourth-order valence-electron chi connectivity index (χ4n) is 4.08. The van der Waals surface area contributed by atoms with Gasteiger partial charge in [-0.25, -0.2) is 8.42 Å². The Morgan fingerprint density at radius 1 is 1.39 bits per heavy atom. The lowest BCUT2D eigenvalue weighted by atomic mass is 9.77. The summed E-state index contributed by atoms with van der Waals surface area (Å²) in [7, 11) is -3.42. The van der Waals surface area contributed by atoms with Gasteiger partial charge in [-0.05, 0) is 42.7 Å². The Bertz CT molecular complexity index is 696. The van der Waals surface area contributed by atoms with Gasteiger partial charge in [-0.1, -0.05) is 26.2 Å². The average Bonchev–Trinajstić information content (AvgIpc) is 3.03. The molecule has 4 nitrogen and oxygen atoms in total. The summed E-state index contributed by atoms with van der Waals surface area (Å²) in [6.45, 7) is 2.59. The molecule has 126 valence electrons. The summed E-state index contributed by atoms with van der Waals surface area (Å²) in [6.07, 6.45) is 6.06. The van der Waals surface area contributed by atoms with E-state index in [9.17, 15) is 13.7 Å². The Balaban J connectivity index is 1.86. The molecule has 0 radical (unpaired) electrons. The highest BCUT2D eigenvalue weighted by Crippen LogP contribution is 2.41. The Morgan fingerprint density at radius 3 is 2.78 bits per heavy atom. The monoisotopic (exact) mass is 352 g/mol. The highest BCUT2D eigenvalue weighted by atomic mass is 32.2. The van der Waals surface area contributed by atoms with E-state index >= 15 is 0 Å². The summed E-state index contributed by atoms with van der Waals surface area (Å²) >= 11 is 1.72. The fraction of sp³-hybridized carbons (Fsp3) is 0.706. The molecular weight excluding hydrogens is 328 g/mol. The Morgan fingerprint density at radius 2 is 2.13 bits per heavy atom. The number of fused-ring (bicyclic) bond motifs is 1. The van der Waals surface area contributed by atoms with Crippen LogP contribution in [-0.4, -0.2) is 25.0 Å². The van der Waals surface area contributed by atoms with Gasteiger partial charge < -0.3 is 0 Å². The minimum Gasteiger partial charge on any atom is -0.212 e. The van der Waals surface area contributed by atoms with Gasteiger partial charge in [-0.2, -0.15) is 9.57 Å². The van der Waals surface area contributed by atoms with E-state index < -0.39 is 15.4 Å². The van der Waals surface area contributed by atoms with Gasteiger partial charge in [0.15, 0.2) is 0 Å². The van der Waals surface area contributed by atoms with E-state index in [2.05, 4.69) is 17.5 Å². The highest BCUT2D eigenvalue weighted by Gasteiger charge is 2.42. The smallest absolute Gasteiger partial charge is 0.212 e. The van der Waals surface area contributed by atoms with E-state index in [4.69, 9.17) is 0 Å². The summed E-state index contributed by atoms with van der Waals surface area (Å²) in [5, 5.41) is 11.7. The maximum Gasteiger partial charge on any atom is 0.216 e. The van der Waals surface area contributed by atoms with Crippen molar-refractivity contribution < 1.29 is 8.42 Å². The molecule has 1 aliphatic heterocycles. The van der Waals surface area contributed by atoms with E-state index in [-0.39, 0.29) is 11.8 Å². The predicted octanol–water partition coefficient (Wildman–Crippen LogP) is 3.86. The second-order valence-electron chi connectivity index (χ2n) is 6.79. The Labute approximate surface area is 143 Å². The Hall–Kier alpha value is -0.900. The van der Waals surface area contributed by atoms with Crippen molar-refractivity contribution in [3.8, 4) is 6.07 Å². The molecular formula is C17H24N2O2S2. The molecule has 1 aromatic heterocycles. The zero-order valence-corrected chi connectivity index (χ0v) is 15.3. The topological polar surface area (TPSA) is 61.2 Å². The molecule has 23 heavy (non-hydrogen) atoms. The van der Waals surface area contributed by atoms with Gasteiger partial charge in [0.1, 0.15) is 0 Å². The first-order valence-electron chi connectivity index (χ1n) is 8.48. The first-order valence-corrected chi connectivity index (χ1v) is 11.0. The van der Waals surface area contributed by atoms with Crippen LogP contribution in [0.4, 0.5) is 0 Å². The molecule has 0 bridgehead atoms. The van der Waals surface area contributed by atoms with Crippen LogP contribution in [0.2, 0.25) is 0 Å². The molecule has 0 saturated heterocycles. The molecule has 1 aliphatic carbocycles. The zero-order chi connectivity index (χ0) is 16.5. The largest absolute Gasteiger partial charge is 0.216 e. The van der Waals surface area contributed by atoms with Gasteiger partial charge in [-0.3, -0.25) is 0 Å². The average molecular weight is 353 g/mol. The maximum atomic E-state index is 13.1. The molecule has 0 N–H and O–H groups in total. The summed E-state index contributed by atoms with van der Waals surface area (Å²) < 4.78 is 27.9. The molecule has 2 aliphatic rings. The van der Waals surface area contributed by atoms with Crippen LogP contribution in [0.3, 0.4) is 0 Å². The summed E-state index contributed by atoms with van der Waals surface area (Å²) in [6, 6.07) is 4.36. The third-order valence-electron chi connectivity index (χ3n) is 5.30. The van der Waals surface area contributed by atoms with Crippen molar-refractivity contribution in [3.63, 3.8) is 0 Å². The van der Waals surface area contributed by atoms with Crippen molar-refractivity contribution in [2.45, 2.75) is 57.9 Å². The highest BCUT2D eigenvalue weighted by molar-refractivity contribution is 7.89. The van der Waals surface area contributed by atoms with Crippen LogP contribution in [0, 0.1) is 16.7 Å². The van der Waals surface area contributed by atoms with E-state index in [1.807, 2.05) is 6.92 Å². The van der Waals surface area contributed by atoms with Gasteiger partial charge >= 0.3 is 0 Å². The van der Waals surface area contributed by atoms with Crippen LogP contribution in [0.1, 0.15) is 61.9 Å². The fourth-order valence-corrected chi connectivity index (χ4v) is 7.24. The normalized spacial score (nSPS) is 24.8. The Kier molecular flexibility index (Phi) is 4.82. The molecule has 0 amide bonds. The van der Waals surface area contributed by atoms with Crippen LogP contribution in [0.25, 0.3) is 0 Å². The molecule has 1 saturated carbocycles. The minimum atomic E-state index is -3.42. The minimum absolute atomic E-state index is 0.00747. The molecule has 0 aromatic carbocycles. The van der Waals surface area contributed by atoms with Crippen molar-refractivity contribution >= 4 is 21.4 Å².